The fourth-order valence-corrected chi connectivity index (χ4v) is 2.64. The number of phenolic OH excluding ortho intramolecular Hbond substituents is 1. The van der Waals surface area contributed by atoms with Crippen LogP contribution in [0, 0.1) is 5.82 Å². The molecule has 0 bridgehead atoms. The van der Waals surface area contributed by atoms with E-state index in [1.807, 2.05) is 0 Å². The van der Waals surface area contributed by atoms with Gasteiger partial charge in [0.25, 0.3) is 5.91 Å². The van der Waals surface area contributed by atoms with E-state index >= 15 is 0 Å². The number of rotatable bonds is 4. The average Bonchev–Trinajstić information content (AvgIpc) is 2.92. The number of phenols is 1. The van der Waals surface area contributed by atoms with Gasteiger partial charge in [0.05, 0.1) is 5.56 Å². The predicted octanol–water partition coefficient (Wildman–Crippen LogP) is 1.87. The molecule has 0 aliphatic heterocycles. The number of hydrogen-bond donors (Lipinski definition) is 2. The molecule has 4 nitrogen and oxygen atoms in total. The van der Waals surface area contributed by atoms with Crippen molar-refractivity contribution in [2.45, 2.75) is 31.7 Å². The Morgan fingerprint density at radius 1 is 1.42 bits per heavy atom. The number of carbonyl (C=O) groups is 1. The van der Waals surface area contributed by atoms with E-state index in [2.05, 4.69) is 0 Å². The average molecular weight is 266 g/mol. The van der Waals surface area contributed by atoms with Gasteiger partial charge in [-0.2, -0.15) is 0 Å². The number of amides is 1. The zero-order chi connectivity index (χ0) is 13.8. The van der Waals surface area contributed by atoms with Gasteiger partial charge < -0.3 is 15.7 Å². The molecule has 1 aliphatic carbocycles. The highest BCUT2D eigenvalue weighted by molar-refractivity contribution is 5.97. The van der Waals surface area contributed by atoms with E-state index in [-0.39, 0.29) is 23.3 Å². The molecule has 0 atom stereocenters. The van der Waals surface area contributed by atoms with Gasteiger partial charge in [-0.25, -0.2) is 4.39 Å². The maximum Gasteiger partial charge on any atom is 0.258 e. The number of nitrogens with zero attached hydrogens (tertiary/aromatic N) is 1. The van der Waals surface area contributed by atoms with E-state index in [1.165, 1.54) is 6.07 Å². The first-order chi connectivity index (χ1) is 9.13. The van der Waals surface area contributed by atoms with Gasteiger partial charge in [-0.1, -0.05) is 12.8 Å². The van der Waals surface area contributed by atoms with Crippen LogP contribution in [0.2, 0.25) is 0 Å². The highest BCUT2D eigenvalue weighted by atomic mass is 19.1. The lowest BCUT2D eigenvalue weighted by Gasteiger charge is -2.28. The third kappa shape index (κ3) is 3.04. The van der Waals surface area contributed by atoms with Crippen molar-refractivity contribution >= 4 is 5.91 Å². The summed E-state index contributed by atoms with van der Waals surface area (Å²) in [5, 5.41) is 9.72. The molecule has 2 rings (SSSR count). The van der Waals surface area contributed by atoms with Crippen molar-refractivity contribution in [2.75, 3.05) is 13.1 Å². The number of hydrogen-bond acceptors (Lipinski definition) is 3. The fraction of sp³-hybridized carbons (Fsp3) is 0.500. The van der Waals surface area contributed by atoms with Gasteiger partial charge in [-0.05, 0) is 31.0 Å². The van der Waals surface area contributed by atoms with Crippen LogP contribution in [-0.2, 0) is 0 Å². The number of nitrogens with two attached hydrogens (primary N) is 1. The van der Waals surface area contributed by atoms with Crippen molar-refractivity contribution in [3.05, 3.63) is 29.6 Å². The van der Waals surface area contributed by atoms with Gasteiger partial charge in [-0.3, -0.25) is 4.79 Å². The Kier molecular flexibility index (Phi) is 4.37. The molecular weight excluding hydrogens is 247 g/mol. The molecule has 1 aromatic carbocycles. The second kappa shape index (κ2) is 6.02. The Balaban J connectivity index is 2.25. The van der Waals surface area contributed by atoms with Crippen molar-refractivity contribution < 1.29 is 14.3 Å². The molecule has 0 spiro atoms. The van der Waals surface area contributed by atoms with Crippen LogP contribution in [0.1, 0.15) is 36.0 Å². The maximum absolute atomic E-state index is 13.2. The smallest absolute Gasteiger partial charge is 0.258 e. The normalized spacial score (nSPS) is 15.7. The number of benzene rings is 1. The largest absolute Gasteiger partial charge is 0.507 e. The molecule has 1 amide bonds. The topological polar surface area (TPSA) is 66.6 Å². The quantitative estimate of drug-likeness (QED) is 0.874. The lowest BCUT2D eigenvalue weighted by Crippen LogP contribution is -2.42. The van der Waals surface area contributed by atoms with E-state index in [9.17, 15) is 14.3 Å². The van der Waals surface area contributed by atoms with Crippen molar-refractivity contribution in [3.8, 4) is 5.75 Å². The van der Waals surface area contributed by atoms with Crippen molar-refractivity contribution in [1.29, 1.82) is 0 Å². The van der Waals surface area contributed by atoms with E-state index in [4.69, 9.17) is 5.73 Å². The number of carbonyl (C=O) groups excluding carboxylic acids is 1. The molecule has 104 valence electrons. The Bertz CT molecular complexity index is 459. The number of aromatic hydroxyl groups is 1. The van der Waals surface area contributed by atoms with Crippen molar-refractivity contribution in [3.63, 3.8) is 0 Å². The molecule has 5 heteroatoms. The summed E-state index contributed by atoms with van der Waals surface area (Å²) < 4.78 is 13.2. The van der Waals surface area contributed by atoms with Crippen LogP contribution in [0.3, 0.4) is 0 Å². The summed E-state index contributed by atoms with van der Waals surface area (Å²) >= 11 is 0. The van der Waals surface area contributed by atoms with E-state index in [1.54, 1.807) is 4.90 Å². The summed E-state index contributed by atoms with van der Waals surface area (Å²) in [5.74, 6) is -1.05. The molecule has 0 unspecified atom stereocenters. The zero-order valence-electron chi connectivity index (χ0n) is 10.8. The Hall–Kier alpha value is -1.62. The monoisotopic (exact) mass is 266 g/mol. The molecule has 1 aromatic rings. The molecule has 3 N–H and O–H groups in total. The highest BCUT2D eigenvalue weighted by Gasteiger charge is 2.28. The number of halogens is 1. The molecule has 0 heterocycles. The zero-order valence-corrected chi connectivity index (χ0v) is 10.8. The van der Waals surface area contributed by atoms with Crippen LogP contribution in [0.25, 0.3) is 0 Å². The van der Waals surface area contributed by atoms with Crippen molar-refractivity contribution in [1.82, 2.24) is 4.90 Å². The van der Waals surface area contributed by atoms with E-state index < -0.39 is 5.82 Å². The van der Waals surface area contributed by atoms with Crippen LogP contribution in [0.4, 0.5) is 4.39 Å². The molecule has 1 fully saturated rings. The third-order valence-electron chi connectivity index (χ3n) is 3.59. The second-order valence-corrected chi connectivity index (χ2v) is 4.89. The Labute approximate surface area is 112 Å². The molecule has 1 saturated carbocycles. The van der Waals surface area contributed by atoms with Gasteiger partial charge in [0.2, 0.25) is 0 Å². The third-order valence-corrected chi connectivity index (χ3v) is 3.59. The summed E-state index contributed by atoms with van der Waals surface area (Å²) in [6, 6.07) is 3.57. The molecule has 1 aliphatic rings. The first kappa shape index (κ1) is 13.8. The van der Waals surface area contributed by atoms with E-state index in [0.29, 0.717) is 13.1 Å². The van der Waals surface area contributed by atoms with Gasteiger partial charge in [-0.15, -0.1) is 0 Å². The highest BCUT2D eigenvalue weighted by Crippen LogP contribution is 2.27. The van der Waals surface area contributed by atoms with Gasteiger partial charge in [0.15, 0.2) is 0 Å². The molecule has 0 saturated heterocycles. The van der Waals surface area contributed by atoms with Gasteiger partial charge in [0, 0.05) is 19.1 Å². The SMILES string of the molecule is NCCN(C(=O)c1cc(F)ccc1O)C1CCCC1. The summed E-state index contributed by atoms with van der Waals surface area (Å²) in [6.45, 7) is 0.789. The van der Waals surface area contributed by atoms with Crippen LogP contribution < -0.4 is 5.73 Å². The fourth-order valence-electron chi connectivity index (χ4n) is 2.64. The minimum atomic E-state index is -0.528. The summed E-state index contributed by atoms with van der Waals surface area (Å²) in [5.41, 5.74) is 5.56. The maximum atomic E-state index is 13.2. The van der Waals surface area contributed by atoms with Crippen LogP contribution in [0.5, 0.6) is 5.75 Å². The first-order valence-corrected chi connectivity index (χ1v) is 6.63. The van der Waals surface area contributed by atoms with Crippen molar-refractivity contribution in [2.24, 2.45) is 5.73 Å². The van der Waals surface area contributed by atoms with Gasteiger partial charge >= 0.3 is 0 Å². The predicted molar refractivity (Wildman–Crippen MR) is 70.4 cm³/mol. The Morgan fingerprint density at radius 3 is 2.74 bits per heavy atom. The lowest BCUT2D eigenvalue weighted by molar-refractivity contribution is 0.0684. The minimum absolute atomic E-state index is 0.0142. The summed E-state index contributed by atoms with van der Waals surface area (Å²) in [4.78, 5) is 14.1. The summed E-state index contributed by atoms with van der Waals surface area (Å²) in [6.07, 6.45) is 4.08. The van der Waals surface area contributed by atoms with Crippen LogP contribution in [0.15, 0.2) is 18.2 Å². The van der Waals surface area contributed by atoms with Gasteiger partial charge in [0.1, 0.15) is 11.6 Å². The van der Waals surface area contributed by atoms with E-state index in [0.717, 1.165) is 37.8 Å². The second-order valence-electron chi connectivity index (χ2n) is 4.89. The Morgan fingerprint density at radius 2 is 2.11 bits per heavy atom. The molecule has 0 aromatic heterocycles. The minimum Gasteiger partial charge on any atom is -0.507 e. The standard InChI is InChI=1S/C14H19FN2O2/c15-10-5-6-13(18)12(9-10)14(19)17(8-7-16)11-3-1-2-4-11/h5-6,9,11,18H,1-4,7-8,16H2. The molecule has 19 heavy (non-hydrogen) atoms. The lowest BCUT2D eigenvalue weighted by atomic mass is 10.1. The molecular formula is C14H19FN2O2. The molecule has 0 radical (unpaired) electrons. The van der Waals surface area contributed by atoms with Crippen LogP contribution in [-0.4, -0.2) is 35.0 Å². The first-order valence-electron chi connectivity index (χ1n) is 6.63. The summed E-state index contributed by atoms with van der Waals surface area (Å²) in [7, 11) is 0. The van der Waals surface area contributed by atoms with Crippen LogP contribution >= 0.6 is 0 Å².